The van der Waals surface area contributed by atoms with Crippen molar-refractivity contribution in [1.82, 2.24) is 4.57 Å². The van der Waals surface area contributed by atoms with E-state index in [2.05, 4.69) is 4.85 Å². The molecule has 1 aromatic carbocycles. The van der Waals surface area contributed by atoms with Gasteiger partial charge in [-0.15, -0.1) is 11.3 Å². The van der Waals surface area contributed by atoms with Crippen LogP contribution in [0.4, 0.5) is 5.69 Å². The van der Waals surface area contributed by atoms with Crippen LogP contribution in [0.3, 0.4) is 0 Å². The summed E-state index contributed by atoms with van der Waals surface area (Å²) in [5, 5.41) is 9.12. The average Bonchev–Trinajstić information content (AvgIpc) is 2.90. The van der Waals surface area contributed by atoms with Crippen LogP contribution in [0, 0.1) is 6.57 Å². The third-order valence-electron chi connectivity index (χ3n) is 4.03. The molecule has 2 heterocycles. The predicted molar refractivity (Wildman–Crippen MR) is 116 cm³/mol. The highest BCUT2D eigenvalue weighted by Crippen LogP contribution is 2.31. The number of benzene rings is 1. The number of hydrogen-bond acceptors (Lipinski definition) is 4. The number of aromatic nitrogens is 1. The molecule has 1 aromatic heterocycles. The van der Waals surface area contributed by atoms with E-state index in [0.29, 0.717) is 4.53 Å². The number of para-hydroxylation sites is 1. The normalized spacial score (nSPS) is 15.2. The van der Waals surface area contributed by atoms with E-state index in [4.69, 9.17) is 11.7 Å². The molecule has 0 spiro atoms. The fourth-order valence-electron chi connectivity index (χ4n) is 2.67. The van der Waals surface area contributed by atoms with Crippen molar-refractivity contribution in [3.05, 3.63) is 79.1 Å². The number of fused-ring (bicyclic) bond motifs is 1. The Morgan fingerprint density at radius 3 is 2.54 bits per heavy atom. The number of carboxylic acids is 1. The molecule has 1 aliphatic heterocycles. The van der Waals surface area contributed by atoms with Crippen LogP contribution < -0.4 is 19.7 Å². The largest absolute Gasteiger partial charge is 0.486 e. The van der Waals surface area contributed by atoms with E-state index in [0.717, 1.165) is 28.2 Å². The average molecular weight is 398 g/mol. The van der Waals surface area contributed by atoms with E-state index in [1.165, 1.54) is 11.6 Å². The Morgan fingerprint density at radius 2 is 1.89 bits per heavy atom. The van der Waals surface area contributed by atoms with Crippen molar-refractivity contribution in [2.45, 2.75) is 14.9 Å². The molecule has 6 nitrogen and oxygen atoms in total. The lowest BCUT2D eigenvalue weighted by Gasteiger charge is -2.23. The van der Waals surface area contributed by atoms with Gasteiger partial charge >= 0.3 is 11.7 Å². The number of thiazole rings is 1. The maximum Gasteiger partial charge on any atom is 0.336 e. The first-order valence-corrected chi connectivity index (χ1v) is 8.49. The minimum atomic E-state index is -1.34. The number of rotatable bonds is 2. The zero-order valence-electron chi connectivity index (χ0n) is 14.1. The van der Waals surface area contributed by atoms with Gasteiger partial charge in [-0.25, -0.2) is 4.85 Å². The highest BCUT2D eigenvalue weighted by molar-refractivity contribution is 7.07. The Balaban J connectivity index is 0.00000196. The number of hydrogen-bond donors (Lipinski definition) is 1. The molecule has 0 radical (unpaired) electrons. The lowest BCUT2D eigenvalue weighted by atomic mass is 10.00. The number of aliphatic carboxylic acids is 1. The summed E-state index contributed by atoms with van der Waals surface area (Å²) in [4.78, 5) is 28.6. The van der Waals surface area contributed by atoms with Gasteiger partial charge in [0, 0.05) is 31.5 Å². The van der Waals surface area contributed by atoms with Crippen LogP contribution in [0.1, 0.15) is 20.4 Å². The number of nitrogens with zero attached hydrogens (tertiary/aromatic N) is 3. The summed E-state index contributed by atoms with van der Waals surface area (Å²) in [6, 6.07) is 7.93. The van der Waals surface area contributed by atoms with Gasteiger partial charge in [0.2, 0.25) is 0 Å². The molecule has 0 fully saturated rings. The first-order chi connectivity index (χ1) is 12.4. The summed E-state index contributed by atoms with van der Waals surface area (Å²) in [7, 11) is 3.43. The van der Waals surface area contributed by atoms with Gasteiger partial charge in [-0.05, 0) is 23.8 Å². The summed E-state index contributed by atoms with van der Waals surface area (Å²) >= 11 is 1.00. The summed E-state index contributed by atoms with van der Waals surface area (Å²) in [6.45, 7) is 7.03. The Labute approximate surface area is 168 Å². The van der Waals surface area contributed by atoms with Crippen LogP contribution >= 0.6 is 11.3 Å². The molecule has 0 saturated heterocycles. The molecule has 3 rings (SSSR count). The molecule has 0 unspecified atom stereocenters. The van der Waals surface area contributed by atoms with Crippen LogP contribution in [0.15, 0.2) is 47.4 Å². The molecule has 1 N–H and O–H groups in total. The summed E-state index contributed by atoms with van der Waals surface area (Å²) in [5.74, 6) is -1.34. The van der Waals surface area contributed by atoms with E-state index in [1.54, 1.807) is 6.08 Å². The van der Waals surface area contributed by atoms with Gasteiger partial charge in [0.1, 0.15) is 4.66 Å². The molecule has 0 saturated carbocycles. The standard InChI is InChI=1S/C19H15N3O3S.2CH4/c1-20-16(19(24)25)18-22(3)17(23)15(26-18)9-8-12-10-11-21(2)14-7-5-4-6-13(12)14;;/h4-11H,2-3H3,(H,24,25);2*1H4/b12-8+,15-9-,18-16-;;. The summed E-state index contributed by atoms with van der Waals surface area (Å²) < 4.78 is 1.72. The van der Waals surface area contributed by atoms with Crippen LogP contribution in [0.2, 0.25) is 0 Å². The first-order valence-electron chi connectivity index (χ1n) is 7.67. The zero-order chi connectivity index (χ0) is 18.8. The van der Waals surface area contributed by atoms with Crippen molar-refractivity contribution in [1.29, 1.82) is 0 Å². The molecule has 146 valence electrons. The van der Waals surface area contributed by atoms with E-state index in [1.807, 2.05) is 54.6 Å². The molecular formula is C21H23N3O3S. The van der Waals surface area contributed by atoms with E-state index in [9.17, 15) is 9.59 Å². The second kappa shape index (κ2) is 9.02. The fraction of sp³-hybridized carbons (Fsp3) is 0.190. The van der Waals surface area contributed by atoms with Crippen molar-refractivity contribution < 1.29 is 9.90 Å². The molecule has 1 aliphatic rings. The minimum Gasteiger partial charge on any atom is -0.486 e. The first kappa shape index (κ1) is 22.7. The Hall–Kier alpha value is -3.37. The number of carbonyl (C=O) groups is 1. The van der Waals surface area contributed by atoms with Gasteiger partial charge in [-0.1, -0.05) is 39.1 Å². The van der Waals surface area contributed by atoms with Crippen molar-refractivity contribution in [3.63, 3.8) is 0 Å². The molecule has 7 heteroatoms. The van der Waals surface area contributed by atoms with E-state index in [-0.39, 0.29) is 25.1 Å². The number of carboxylic acid groups (broad SMARTS) is 1. The topological polar surface area (TPSA) is 66.9 Å². The van der Waals surface area contributed by atoms with Gasteiger partial charge in [-0.2, -0.15) is 0 Å². The summed E-state index contributed by atoms with van der Waals surface area (Å²) in [5.41, 5.74) is 2.27. The maximum absolute atomic E-state index is 12.4. The van der Waals surface area contributed by atoms with Gasteiger partial charge in [0.05, 0.1) is 11.1 Å². The van der Waals surface area contributed by atoms with Crippen molar-refractivity contribution in [2.75, 3.05) is 11.9 Å². The van der Waals surface area contributed by atoms with Crippen LogP contribution in [0.5, 0.6) is 0 Å². The van der Waals surface area contributed by atoms with E-state index >= 15 is 0 Å². The van der Waals surface area contributed by atoms with Crippen molar-refractivity contribution >= 4 is 40.3 Å². The zero-order valence-corrected chi connectivity index (χ0v) is 14.9. The summed E-state index contributed by atoms with van der Waals surface area (Å²) in [6.07, 6.45) is 7.39. The molecular weight excluding hydrogens is 374 g/mol. The molecule has 0 amide bonds. The smallest absolute Gasteiger partial charge is 0.336 e. The van der Waals surface area contributed by atoms with Gasteiger partial charge in [0.15, 0.2) is 0 Å². The lowest BCUT2D eigenvalue weighted by molar-refractivity contribution is -0.130. The maximum atomic E-state index is 12.4. The highest BCUT2D eigenvalue weighted by atomic mass is 32.1. The van der Waals surface area contributed by atoms with Gasteiger partial charge < -0.3 is 14.6 Å². The highest BCUT2D eigenvalue weighted by Gasteiger charge is 2.14. The van der Waals surface area contributed by atoms with Crippen molar-refractivity contribution in [2.24, 2.45) is 7.05 Å². The second-order valence-corrected chi connectivity index (χ2v) is 6.66. The molecule has 28 heavy (non-hydrogen) atoms. The molecule has 0 bridgehead atoms. The third kappa shape index (κ3) is 3.97. The molecule has 2 aromatic rings. The quantitative estimate of drug-likeness (QED) is 0.792. The van der Waals surface area contributed by atoms with Crippen LogP contribution in [-0.4, -0.2) is 22.7 Å². The van der Waals surface area contributed by atoms with Crippen molar-refractivity contribution in [3.8, 4) is 0 Å². The molecule has 0 aliphatic carbocycles. The monoisotopic (exact) mass is 397 g/mol. The second-order valence-electron chi connectivity index (χ2n) is 5.63. The van der Waals surface area contributed by atoms with E-state index < -0.39 is 11.7 Å². The van der Waals surface area contributed by atoms with Crippen LogP contribution in [0.25, 0.3) is 22.2 Å². The Kier molecular flexibility index (Phi) is 7.30. The van der Waals surface area contributed by atoms with Gasteiger partial charge in [-0.3, -0.25) is 9.59 Å². The number of anilines is 1. The lowest BCUT2D eigenvalue weighted by Crippen LogP contribution is -2.29. The van der Waals surface area contributed by atoms with Gasteiger partial charge in [0.25, 0.3) is 5.56 Å². The SMILES string of the molecule is C.C.[C-]#[N+]/C(C(=O)O)=c1\s/c(=C\C=C2/C=CN(C)c3ccccc32)c(=O)n1C. The third-order valence-corrected chi connectivity index (χ3v) is 5.22. The predicted octanol–water partition coefficient (Wildman–Crippen LogP) is 2.66. The Bertz CT molecular complexity index is 1180. The Morgan fingerprint density at radius 1 is 1.21 bits per heavy atom. The number of allylic oxidation sites excluding steroid dienone is 3. The van der Waals surface area contributed by atoms with Crippen LogP contribution in [-0.2, 0) is 11.8 Å². The molecule has 0 atom stereocenters. The minimum absolute atomic E-state index is 0. The fourth-order valence-corrected chi connectivity index (χ4v) is 3.69.